The monoisotopic (exact) mass is 340 g/mol. The van der Waals surface area contributed by atoms with Gasteiger partial charge in [-0.25, -0.2) is 8.78 Å². The molecule has 0 fully saturated rings. The summed E-state index contributed by atoms with van der Waals surface area (Å²) >= 11 is 3.28. The smallest absolute Gasteiger partial charge is 0.130 e. The van der Waals surface area contributed by atoms with Gasteiger partial charge in [0, 0.05) is 22.0 Å². The fraction of sp³-hybridized carbons (Fsp3) is 0.200. The third-order valence-corrected chi connectivity index (χ3v) is 3.84. The molecule has 1 N–H and O–H groups in total. The number of hydrogen-bond donors (Lipinski definition) is 1. The zero-order chi connectivity index (χ0) is 14.3. The van der Waals surface area contributed by atoms with Crippen molar-refractivity contribution in [2.75, 3.05) is 0 Å². The first-order chi connectivity index (χ1) is 9.54. The maximum Gasteiger partial charge on any atom is 0.130 e. The molecule has 2 aromatic rings. The lowest BCUT2D eigenvalue weighted by molar-refractivity contribution is 0.0636. The van der Waals surface area contributed by atoms with Crippen molar-refractivity contribution >= 4 is 15.9 Å². The Bertz CT molecular complexity index is 660. The molecule has 0 spiro atoms. The highest BCUT2D eigenvalue weighted by molar-refractivity contribution is 9.10. The second kappa shape index (κ2) is 5.14. The summed E-state index contributed by atoms with van der Waals surface area (Å²) in [7, 11) is 0. The summed E-state index contributed by atoms with van der Waals surface area (Å²) in [6, 6.07) is 8.52. The fourth-order valence-electron chi connectivity index (χ4n) is 2.37. The summed E-state index contributed by atoms with van der Waals surface area (Å²) < 4.78 is 33.5. The molecular formula is C15H11BrF2O2. The van der Waals surface area contributed by atoms with Crippen molar-refractivity contribution in [1.82, 2.24) is 0 Å². The van der Waals surface area contributed by atoms with Crippen LogP contribution in [0, 0.1) is 11.6 Å². The molecule has 1 heterocycles. The topological polar surface area (TPSA) is 29.5 Å². The van der Waals surface area contributed by atoms with Crippen LogP contribution in [0.5, 0.6) is 5.75 Å². The van der Waals surface area contributed by atoms with Crippen LogP contribution in [0.25, 0.3) is 0 Å². The molecule has 1 aliphatic heterocycles. The summed E-state index contributed by atoms with van der Waals surface area (Å²) in [6.07, 6.45) is -1.29. The molecule has 3 rings (SSSR count). The number of benzene rings is 2. The summed E-state index contributed by atoms with van der Waals surface area (Å²) in [5.74, 6) is -0.441. The Labute approximate surface area is 123 Å². The average Bonchev–Trinajstić information content (AvgIpc) is 2.42. The van der Waals surface area contributed by atoms with Gasteiger partial charge in [-0.1, -0.05) is 15.9 Å². The second-order valence-corrected chi connectivity index (χ2v) is 5.62. The Morgan fingerprint density at radius 3 is 2.70 bits per heavy atom. The Morgan fingerprint density at radius 2 is 1.90 bits per heavy atom. The van der Waals surface area contributed by atoms with Gasteiger partial charge >= 0.3 is 0 Å². The molecule has 104 valence electrons. The summed E-state index contributed by atoms with van der Waals surface area (Å²) in [4.78, 5) is 0. The van der Waals surface area contributed by atoms with Gasteiger partial charge in [0.2, 0.25) is 0 Å². The van der Waals surface area contributed by atoms with Crippen molar-refractivity contribution in [3.8, 4) is 5.75 Å². The molecule has 2 atom stereocenters. The van der Waals surface area contributed by atoms with Crippen LogP contribution in [0.3, 0.4) is 0 Å². The van der Waals surface area contributed by atoms with E-state index in [1.54, 1.807) is 12.1 Å². The lowest BCUT2D eigenvalue weighted by Crippen LogP contribution is -2.20. The molecule has 5 heteroatoms. The lowest BCUT2D eigenvalue weighted by Gasteiger charge is -2.30. The van der Waals surface area contributed by atoms with E-state index in [1.165, 1.54) is 24.3 Å². The van der Waals surface area contributed by atoms with Crippen molar-refractivity contribution in [1.29, 1.82) is 0 Å². The van der Waals surface area contributed by atoms with Crippen molar-refractivity contribution < 1.29 is 18.6 Å². The Kier molecular flexibility index (Phi) is 3.48. The largest absolute Gasteiger partial charge is 0.485 e. The molecule has 0 amide bonds. The van der Waals surface area contributed by atoms with E-state index in [0.717, 1.165) is 4.47 Å². The molecule has 0 aliphatic carbocycles. The van der Waals surface area contributed by atoms with E-state index in [9.17, 15) is 13.9 Å². The Morgan fingerprint density at radius 1 is 1.10 bits per heavy atom. The van der Waals surface area contributed by atoms with Crippen molar-refractivity contribution in [2.24, 2.45) is 0 Å². The normalized spacial score (nSPS) is 21.2. The van der Waals surface area contributed by atoms with Gasteiger partial charge < -0.3 is 9.84 Å². The number of halogens is 3. The van der Waals surface area contributed by atoms with Gasteiger partial charge in [0.15, 0.2) is 0 Å². The molecule has 2 unspecified atom stereocenters. The Balaban J connectivity index is 1.99. The number of rotatable bonds is 1. The highest BCUT2D eigenvalue weighted by atomic mass is 79.9. The van der Waals surface area contributed by atoms with Crippen LogP contribution in [0.4, 0.5) is 8.78 Å². The van der Waals surface area contributed by atoms with E-state index in [-0.39, 0.29) is 6.42 Å². The summed E-state index contributed by atoms with van der Waals surface area (Å²) in [6.45, 7) is 0. The molecule has 20 heavy (non-hydrogen) atoms. The minimum atomic E-state index is -0.877. The lowest BCUT2D eigenvalue weighted by atomic mass is 9.94. The van der Waals surface area contributed by atoms with Gasteiger partial charge in [0.25, 0.3) is 0 Å². The van der Waals surface area contributed by atoms with Crippen LogP contribution in [-0.2, 0) is 0 Å². The molecule has 1 aliphatic rings. The van der Waals surface area contributed by atoms with Crippen LogP contribution < -0.4 is 4.74 Å². The zero-order valence-corrected chi connectivity index (χ0v) is 11.9. The zero-order valence-electron chi connectivity index (χ0n) is 10.3. The van der Waals surface area contributed by atoms with Gasteiger partial charge in [0.1, 0.15) is 23.5 Å². The van der Waals surface area contributed by atoms with E-state index in [0.29, 0.717) is 16.9 Å². The van der Waals surface area contributed by atoms with Crippen LogP contribution >= 0.6 is 15.9 Å². The summed E-state index contributed by atoms with van der Waals surface area (Å²) in [5.41, 5.74) is 0.769. The van der Waals surface area contributed by atoms with Crippen molar-refractivity contribution in [3.05, 3.63) is 63.6 Å². The minimum Gasteiger partial charge on any atom is -0.485 e. The SMILES string of the molecule is OC1CC(c2cc(Br)ccc2F)Oc2ccc(F)cc21. The molecule has 0 saturated carbocycles. The minimum absolute atomic E-state index is 0.184. The first-order valence-electron chi connectivity index (χ1n) is 6.13. The standard InChI is InChI=1S/C15H11BrF2O2/c16-8-1-3-12(18)10(5-8)15-7-13(19)11-6-9(17)2-4-14(11)20-15/h1-6,13,15,19H,7H2. The van der Waals surface area contributed by atoms with E-state index < -0.39 is 23.8 Å². The molecule has 0 aromatic heterocycles. The van der Waals surface area contributed by atoms with Crippen molar-refractivity contribution in [3.63, 3.8) is 0 Å². The third-order valence-electron chi connectivity index (χ3n) is 3.34. The number of aliphatic hydroxyl groups is 1. The molecule has 0 bridgehead atoms. The van der Waals surface area contributed by atoms with Gasteiger partial charge in [0.05, 0.1) is 6.10 Å². The van der Waals surface area contributed by atoms with Gasteiger partial charge in [-0.15, -0.1) is 0 Å². The van der Waals surface area contributed by atoms with Crippen LogP contribution in [0.2, 0.25) is 0 Å². The number of hydrogen-bond acceptors (Lipinski definition) is 2. The van der Waals surface area contributed by atoms with Crippen LogP contribution in [0.1, 0.15) is 29.8 Å². The van der Waals surface area contributed by atoms with E-state index in [1.807, 2.05) is 0 Å². The van der Waals surface area contributed by atoms with E-state index >= 15 is 0 Å². The maximum atomic E-state index is 13.9. The van der Waals surface area contributed by atoms with Gasteiger partial charge in [-0.05, 0) is 36.4 Å². The quantitative estimate of drug-likeness (QED) is 0.839. The third kappa shape index (κ3) is 2.43. The van der Waals surface area contributed by atoms with Crippen LogP contribution in [0.15, 0.2) is 40.9 Å². The maximum absolute atomic E-state index is 13.9. The number of ether oxygens (including phenoxy) is 1. The first-order valence-corrected chi connectivity index (χ1v) is 6.93. The van der Waals surface area contributed by atoms with Gasteiger partial charge in [-0.3, -0.25) is 0 Å². The highest BCUT2D eigenvalue weighted by Gasteiger charge is 2.30. The fourth-order valence-corrected chi connectivity index (χ4v) is 2.75. The molecular weight excluding hydrogens is 330 g/mol. The predicted molar refractivity (Wildman–Crippen MR) is 73.4 cm³/mol. The first kappa shape index (κ1) is 13.5. The van der Waals surface area contributed by atoms with Crippen molar-refractivity contribution in [2.45, 2.75) is 18.6 Å². The predicted octanol–water partition coefficient (Wildman–Crippen LogP) is 4.28. The van der Waals surface area contributed by atoms with E-state index in [2.05, 4.69) is 15.9 Å². The number of fused-ring (bicyclic) bond motifs is 1. The Hall–Kier alpha value is -1.46. The number of aliphatic hydroxyl groups excluding tert-OH is 1. The average molecular weight is 341 g/mol. The van der Waals surface area contributed by atoms with E-state index in [4.69, 9.17) is 4.74 Å². The van der Waals surface area contributed by atoms with Gasteiger partial charge in [-0.2, -0.15) is 0 Å². The second-order valence-electron chi connectivity index (χ2n) is 4.71. The molecule has 0 saturated heterocycles. The molecule has 2 aromatic carbocycles. The summed E-state index contributed by atoms with van der Waals surface area (Å²) in [5, 5.41) is 10.1. The molecule has 2 nitrogen and oxygen atoms in total. The highest BCUT2D eigenvalue weighted by Crippen LogP contribution is 2.41. The molecule has 0 radical (unpaired) electrons. The van der Waals surface area contributed by atoms with Crippen LogP contribution in [-0.4, -0.2) is 5.11 Å².